The molecular weight excluding hydrogens is 1110 g/mol. The van der Waals surface area contributed by atoms with Crippen molar-refractivity contribution in [3.63, 3.8) is 0 Å². The van der Waals surface area contributed by atoms with Crippen LogP contribution in [0.25, 0.3) is 10.2 Å². The normalized spacial score (nSPS) is 14.7. The molecule has 83 heavy (non-hydrogen) atoms. The van der Waals surface area contributed by atoms with Crippen molar-refractivity contribution in [3.05, 3.63) is 142 Å². The summed E-state index contributed by atoms with van der Waals surface area (Å²) >= 11 is 3.01. The van der Waals surface area contributed by atoms with E-state index in [1.54, 1.807) is 23.5 Å². The number of hydrogen-bond acceptors (Lipinski definition) is 14. The van der Waals surface area contributed by atoms with Gasteiger partial charge in [0.05, 0.1) is 56.7 Å². The van der Waals surface area contributed by atoms with Gasteiger partial charge in [0, 0.05) is 44.8 Å². The zero-order valence-electron chi connectivity index (χ0n) is 50.8. The molecule has 0 spiro atoms. The topological polar surface area (TPSA) is 120 Å². The van der Waals surface area contributed by atoms with Crippen LogP contribution in [-0.2, 0) is 27.1 Å². The monoisotopic (exact) mass is 1200 g/mol. The number of aryl methyl sites for hydroxylation is 2. The van der Waals surface area contributed by atoms with E-state index in [0.717, 1.165) is 75.1 Å². The number of carbonyl (C=O) groups is 1. The predicted molar refractivity (Wildman–Crippen MR) is 342 cm³/mol. The third kappa shape index (κ3) is 16.5. The van der Waals surface area contributed by atoms with E-state index in [9.17, 15) is 4.79 Å². The fourth-order valence-corrected chi connectivity index (χ4v) is 18.1. The van der Waals surface area contributed by atoms with Crippen LogP contribution in [0.1, 0.15) is 66.5 Å². The molecule has 442 valence electrons. The maximum absolute atomic E-state index is 15.3. The Labute approximate surface area is 501 Å². The quantitative estimate of drug-likeness (QED) is 0.0179. The van der Waals surface area contributed by atoms with Crippen LogP contribution in [-0.4, -0.2) is 157 Å². The number of ether oxygens (including phenoxy) is 3. The molecule has 1 unspecified atom stereocenters. The molecule has 4 aromatic carbocycles. The molecule has 8 rings (SSSR count). The molecule has 7 aromatic rings. The van der Waals surface area contributed by atoms with Gasteiger partial charge >= 0.3 is 5.97 Å². The fraction of sp³-hybridized carbons (Fsp3) is 0.453. The number of fused-ring (bicyclic) bond motifs is 1. The highest BCUT2D eigenvalue weighted by Gasteiger charge is 2.52. The third-order valence-electron chi connectivity index (χ3n) is 15.2. The Morgan fingerprint density at radius 3 is 2.23 bits per heavy atom. The number of rotatable bonds is 25. The van der Waals surface area contributed by atoms with Gasteiger partial charge in [0.1, 0.15) is 13.3 Å². The second kappa shape index (κ2) is 28.3. The first kappa shape index (κ1) is 63.1. The molecule has 0 aliphatic carbocycles. The first-order valence-electron chi connectivity index (χ1n) is 28.9. The van der Waals surface area contributed by atoms with Crippen LogP contribution >= 0.6 is 22.7 Å². The van der Waals surface area contributed by atoms with Crippen molar-refractivity contribution >= 4 is 82.4 Å². The number of thiazole rings is 2. The van der Waals surface area contributed by atoms with Gasteiger partial charge in [-0.2, -0.15) is 4.99 Å². The van der Waals surface area contributed by atoms with Gasteiger partial charge in [0.15, 0.2) is 38.8 Å². The number of halogens is 1. The lowest BCUT2D eigenvalue weighted by Crippen LogP contribution is -2.69. The number of esters is 1. The van der Waals surface area contributed by atoms with Crippen LogP contribution in [0.2, 0.25) is 30.7 Å². The van der Waals surface area contributed by atoms with Gasteiger partial charge in [0.25, 0.3) is 8.32 Å². The minimum atomic E-state index is -2.97. The molecule has 14 nitrogen and oxygen atoms in total. The Morgan fingerprint density at radius 1 is 0.904 bits per heavy atom. The average molecular weight is 1200 g/mol. The van der Waals surface area contributed by atoms with E-state index in [1.165, 1.54) is 34.9 Å². The summed E-state index contributed by atoms with van der Waals surface area (Å²) in [6, 6.07) is 37.9. The molecule has 0 N–H and O–H groups in total. The number of para-hydroxylation sites is 1. The Hall–Kier alpha value is -5.93. The number of methoxy groups -OCH3 is 1. The highest BCUT2D eigenvalue weighted by Crippen LogP contribution is 2.39. The zero-order valence-corrected chi connectivity index (χ0v) is 54.5. The lowest BCUT2D eigenvalue weighted by atomic mass is 10.1. The predicted octanol–water partition coefficient (Wildman–Crippen LogP) is 10.9. The number of benzene rings is 4. The highest BCUT2D eigenvalue weighted by atomic mass is 32.1. The van der Waals surface area contributed by atoms with Gasteiger partial charge in [-0.3, -0.25) is 14.4 Å². The zero-order chi connectivity index (χ0) is 59.4. The van der Waals surface area contributed by atoms with Crippen LogP contribution in [0.5, 0.6) is 5.75 Å². The molecule has 1 aliphatic heterocycles. The van der Waals surface area contributed by atoms with Crippen LogP contribution in [0.4, 0.5) is 21.2 Å². The van der Waals surface area contributed by atoms with Crippen molar-refractivity contribution in [3.8, 4) is 17.6 Å². The Kier molecular flexibility index (Phi) is 21.5. The Bertz CT molecular complexity index is 3360. The smallest absolute Gasteiger partial charge is 0.357 e. The Balaban J connectivity index is 1.14. The van der Waals surface area contributed by atoms with Crippen molar-refractivity contribution in [2.75, 3.05) is 99.2 Å². The minimum absolute atomic E-state index is 0.118. The van der Waals surface area contributed by atoms with Crippen LogP contribution in [0.15, 0.2) is 114 Å². The maximum atomic E-state index is 15.3. The number of aromatic nitrogens is 4. The number of piperazine rings is 1. The van der Waals surface area contributed by atoms with E-state index >= 15 is 4.39 Å². The van der Waals surface area contributed by atoms with Crippen molar-refractivity contribution in [1.82, 2.24) is 29.5 Å². The summed E-state index contributed by atoms with van der Waals surface area (Å²) in [6.07, 6.45) is 2.26. The summed E-state index contributed by atoms with van der Waals surface area (Å²) < 4.78 is 45.1. The average Bonchev–Trinajstić information content (AvgIpc) is 2.85. The van der Waals surface area contributed by atoms with Crippen molar-refractivity contribution in [1.29, 1.82) is 0 Å². The molecule has 4 heterocycles. The molecule has 0 saturated carbocycles. The fourth-order valence-electron chi connectivity index (χ4n) is 10.5. The molecular formula is C64H85FN9O5S2Si2+. The SMILES string of the molecule is COC(=O)c1nc(N(CCCC(C[N+]2(C)CCN(C)CC2)O[Si](c2ccccc2)(c2ccccc2)C(C)(C)C)c2cc(C)c(/N=c3\sc4ccccc4n3COCC[Si](C)(C)C)nn2)sc1CCCOc1ccc(C#CCN(C)C)cc1F. The molecule has 1 aliphatic rings. The molecule has 1 fully saturated rings. The molecule has 3 aromatic heterocycles. The van der Waals surface area contributed by atoms with Crippen LogP contribution in [0, 0.1) is 24.6 Å². The van der Waals surface area contributed by atoms with Gasteiger partial charge in [-0.1, -0.05) is 136 Å². The summed E-state index contributed by atoms with van der Waals surface area (Å²) in [6.45, 7) is 23.4. The number of carbonyl (C=O) groups excluding carboxylic acids is 1. The molecule has 0 radical (unpaired) electrons. The van der Waals surface area contributed by atoms with E-state index in [0.29, 0.717) is 68.0 Å². The van der Waals surface area contributed by atoms with Crippen molar-refractivity contribution in [2.24, 2.45) is 4.99 Å². The second-order valence-electron chi connectivity index (χ2n) is 24.6. The van der Waals surface area contributed by atoms with E-state index in [-0.39, 0.29) is 29.2 Å². The first-order chi connectivity index (χ1) is 39.6. The number of anilines is 2. The first-order valence-corrected chi connectivity index (χ1v) is 36.2. The number of hydrogen-bond donors (Lipinski definition) is 0. The van der Waals surface area contributed by atoms with Crippen molar-refractivity contribution in [2.45, 2.75) is 96.9 Å². The molecule has 0 amide bonds. The molecule has 19 heteroatoms. The Morgan fingerprint density at radius 2 is 1.59 bits per heavy atom. The summed E-state index contributed by atoms with van der Waals surface area (Å²) in [5.41, 5.74) is 2.68. The minimum Gasteiger partial charge on any atom is -0.491 e. The standard InChI is InChI=1S/C64H85FN9O5S2Si2/c1-48-44-58(68-69-60(48)67-63-73(47-77-42-43-82(10,11)12)54-30-19-20-31-56(54)80-63)72(62-66-59(61(75)76-9)57(81-62)32-23-41-78-55-34-33-49(45-53(55)65)24-21-35-70(5)6)36-22-25-50(46-74(8)39-37-71(7)38-40-74)79-83(64(2,3)4,51-26-15-13-16-27-51)52-28-17-14-18-29-52/h13-20,26-31,33-34,44-45,50H,22-23,25,32,35-43,46-47H2,1-12H3/q+1/b67-63-. The van der Waals surface area contributed by atoms with Crippen LogP contribution in [0.3, 0.4) is 0 Å². The molecule has 1 saturated heterocycles. The number of nitrogens with zero attached hydrogens (tertiary/aromatic N) is 9. The van der Waals surface area contributed by atoms with Gasteiger partial charge in [0.2, 0.25) is 0 Å². The van der Waals surface area contributed by atoms with Crippen molar-refractivity contribution < 1.29 is 32.3 Å². The lowest BCUT2D eigenvalue weighted by molar-refractivity contribution is -0.916. The lowest BCUT2D eigenvalue weighted by Gasteiger charge is -2.48. The largest absolute Gasteiger partial charge is 0.491 e. The number of likely N-dealkylation sites (N-methyl/N-ethyl adjacent to an activating group) is 2. The third-order valence-corrected chi connectivity index (χ3v) is 24.2. The van der Waals surface area contributed by atoms with Gasteiger partial charge in [-0.25, -0.2) is 14.2 Å². The number of quaternary nitrogens is 1. The highest BCUT2D eigenvalue weighted by molar-refractivity contribution is 7.16. The van der Waals surface area contributed by atoms with Gasteiger partial charge < -0.3 is 28.0 Å². The second-order valence-corrected chi connectivity index (χ2v) is 36.5. The van der Waals surface area contributed by atoms with E-state index < -0.39 is 28.2 Å². The summed E-state index contributed by atoms with van der Waals surface area (Å²) in [5, 5.41) is 12.6. The summed E-state index contributed by atoms with van der Waals surface area (Å²) in [4.78, 5) is 31.8. The molecule has 0 bridgehead atoms. The maximum Gasteiger partial charge on any atom is 0.357 e. The van der Waals surface area contributed by atoms with E-state index in [4.69, 9.17) is 38.8 Å². The van der Waals surface area contributed by atoms with E-state index in [2.05, 4.69) is 154 Å². The summed E-state index contributed by atoms with van der Waals surface area (Å²) in [5.74, 6) is 6.25. The van der Waals surface area contributed by atoms with Crippen LogP contribution < -0.4 is 24.8 Å². The van der Waals surface area contributed by atoms with Gasteiger partial charge in [-0.15, -0.1) is 21.5 Å². The van der Waals surface area contributed by atoms with E-state index in [1.807, 2.05) is 44.1 Å². The van der Waals surface area contributed by atoms with Gasteiger partial charge in [-0.05, 0) is 117 Å². The summed E-state index contributed by atoms with van der Waals surface area (Å²) in [7, 11) is 5.57. The molecule has 1 atom stereocenters.